The molecule has 0 radical (unpaired) electrons. The molecule has 2 heteroatoms. The zero-order valence-electron chi connectivity index (χ0n) is 11.7. The molecule has 0 saturated heterocycles. The summed E-state index contributed by atoms with van der Waals surface area (Å²) in [7, 11) is 3.32. The fourth-order valence-electron chi connectivity index (χ4n) is 2.04. The van der Waals surface area contributed by atoms with E-state index in [1.165, 1.54) is 16.3 Å². The van der Waals surface area contributed by atoms with Gasteiger partial charge in [-0.15, -0.1) is 0 Å². The van der Waals surface area contributed by atoms with E-state index in [4.69, 9.17) is 9.47 Å². The first-order valence-electron chi connectivity index (χ1n) is 6.12. The normalized spacial score (nSPS) is 11.6. The lowest BCUT2D eigenvalue weighted by molar-refractivity contribution is 0.356. The molecule has 0 atom stereocenters. The maximum atomic E-state index is 5.34. The Bertz CT molecular complexity index is 565. The third kappa shape index (κ3) is 2.28. The fourth-order valence-corrected chi connectivity index (χ4v) is 2.04. The molecule has 0 aliphatic carbocycles. The minimum atomic E-state index is 0.154. The van der Waals surface area contributed by atoms with Crippen molar-refractivity contribution in [1.82, 2.24) is 0 Å². The third-order valence-corrected chi connectivity index (χ3v) is 3.21. The molecule has 0 aliphatic rings. The lowest BCUT2D eigenvalue weighted by atomic mass is 9.86. The smallest absolute Gasteiger partial charge is 0.161 e. The van der Waals surface area contributed by atoms with Crippen molar-refractivity contribution >= 4 is 10.8 Å². The van der Waals surface area contributed by atoms with Crippen molar-refractivity contribution in [3.8, 4) is 11.5 Å². The average Bonchev–Trinajstić information content (AvgIpc) is 2.35. The van der Waals surface area contributed by atoms with Gasteiger partial charge in [-0.05, 0) is 33.9 Å². The molecule has 0 heterocycles. The van der Waals surface area contributed by atoms with Crippen LogP contribution in [0.25, 0.3) is 10.8 Å². The first kappa shape index (κ1) is 12.7. The summed E-state index contributed by atoms with van der Waals surface area (Å²) in [5, 5.41) is 2.35. The van der Waals surface area contributed by atoms with Gasteiger partial charge in [0, 0.05) is 0 Å². The van der Waals surface area contributed by atoms with Gasteiger partial charge in [-0.1, -0.05) is 39.0 Å². The zero-order chi connectivity index (χ0) is 13.3. The van der Waals surface area contributed by atoms with E-state index in [2.05, 4.69) is 39.0 Å². The second kappa shape index (κ2) is 4.52. The van der Waals surface area contributed by atoms with Crippen LogP contribution in [0, 0.1) is 0 Å². The summed E-state index contributed by atoms with van der Waals surface area (Å²) in [5.41, 5.74) is 1.48. The Morgan fingerprint density at radius 1 is 0.778 bits per heavy atom. The van der Waals surface area contributed by atoms with Gasteiger partial charge in [-0.25, -0.2) is 0 Å². The van der Waals surface area contributed by atoms with Crippen molar-refractivity contribution in [3.05, 3.63) is 35.9 Å². The molecule has 2 aromatic rings. The summed E-state index contributed by atoms with van der Waals surface area (Å²) >= 11 is 0. The number of ether oxygens (including phenoxy) is 2. The van der Waals surface area contributed by atoms with Crippen LogP contribution in [0.2, 0.25) is 0 Å². The number of hydrogen-bond acceptors (Lipinski definition) is 2. The second-order valence-corrected chi connectivity index (χ2v) is 5.52. The summed E-state index contributed by atoms with van der Waals surface area (Å²) in [4.78, 5) is 0. The average molecular weight is 244 g/mol. The van der Waals surface area contributed by atoms with Crippen LogP contribution in [0.15, 0.2) is 30.3 Å². The molecule has 2 nitrogen and oxygen atoms in total. The predicted octanol–water partition coefficient (Wildman–Crippen LogP) is 4.15. The lowest BCUT2D eigenvalue weighted by Crippen LogP contribution is -2.10. The third-order valence-electron chi connectivity index (χ3n) is 3.21. The van der Waals surface area contributed by atoms with E-state index in [-0.39, 0.29) is 5.41 Å². The Balaban J connectivity index is 2.63. The molecule has 0 spiro atoms. The molecular formula is C16H20O2. The van der Waals surface area contributed by atoms with E-state index >= 15 is 0 Å². The second-order valence-electron chi connectivity index (χ2n) is 5.52. The molecule has 0 fully saturated rings. The SMILES string of the molecule is COc1cc2ccc(C(C)(C)C)cc2cc1OC. The van der Waals surface area contributed by atoms with Gasteiger partial charge in [0.2, 0.25) is 0 Å². The van der Waals surface area contributed by atoms with Crippen molar-refractivity contribution in [1.29, 1.82) is 0 Å². The van der Waals surface area contributed by atoms with Crippen LogP contribution in [-0.2, 0) is 5.41 Å². The molecule has 18 heavy (non-hydrogen) atoms. The molecule has 0 aliphatic heterocycles. The number of rotatable bonds is 2. The Kier molecular flexibility index (Phi) is 3.20. The fraction of sp³-hybridized carbons (Fsp3) is 0.375. The van der Waals surface area contributed by atoms with E-state index < -0.39 is 0 Å². The number of benzene rings is 2. The summed E-state index contributed by atoms with van der Waals surface area (Å²) < 4.78 is 10.7. The van der Waals surface area contributed by atoms with Gasteiger partial charge in [0.05, 0.1) is 14.2 Å². The first-order chi connectivity index (χ1) is 8.45. The maximum Gasteiger partial charge on any atom is 0.161 e. The van der Waals surface area contributed by atoms with Crippen LogP contribution in [0.4, 0.5) is 0 Å². The molecule has 0 N–H and O–H groups in total. The molecule has 0 unspecified atom stereocenters. The van der Waals surface area contributed by atoms with Crippen LogP contribution >= 0.6 is 0 Å². The number of fused-ring (bicyclic) bond motifs is 1. The van der Waals surface area contributed by atoms with E-state index in [0.29, 0.717) is 0 Å². The summed E-state index contributed by atoms with van der Waals surface area (Å²) in [6, 6.07) is 10.6. The van der Waals surface area contributed by atoms with E-state index in [9.17, 15) is 0 Å². The number of hydrogen-bond donors (Lipinski definition) is 0. The molecule has 0 bridgehead atoms. The van der Waals surface area contributed by atoms with Gasteiger partial charge in [-0.3, -0.25) is 0 Å². The topological polar surface area (TPSA) is 18.5 Å². The quantitative estimate of drug-likeness (QED) is 0.790. The molecule has 96 valence electrons. The minimum Gasteiger partial charge on any atom is -0.493 e. The predicted molar refractivity (Wildman–Crippen MR) is 75.8 cm³/mol. The van der Waals surface area contributed by atoms with Crippen LogP contribution in [0.1, 0.15) is 26.3 Å². The Labute approximate surface area is 109 Å². The molecule has 0 aromatic heterocycles. The van der Waals surface area contributed by atoms with Crippen molar-refractivity contribution in [3.63, 3.8) is 0 Å². The highest BCUT2D eigenvalue weighted by Gasteiger charge is 2.14. The molecule has 2 aromatic carbocycles. The summed E-state index contributed by atoms with van der Waals surface area (Å²) in [5.74, 6) is 1.55. The van der Waals surface area contributed by atoms with E-state index in [1.54, 1.807) is 14.2 Å². The van der Waals surface area contributed by atoms with Gasteiger partial charge in [-0.2, -0.15) is 0 Å². The molecule has 0 saturated carbocycles. The van der Waals surface area contributed by atoms with Gasteiger partial charge >= 0.3 is 0 Å². The van der Waals surface area contributed by atoms with Gasteiger partial charge in [0.1, 0.15) is 0 Å². The van der Waals surface area contributed by atoms with Gasteiger partial charge < -0.3 is 9.47 Å². The van der Waals surface area contributed by atoms with Crippen LogP contribution in [0.3, 0.4) is 0 Å². The van der Waals surface area contributed by atoms with Gasteiger partial charge in [0.25, 0.3) is 0 Å². The first-order valence-corrected chi connectivity index (χ1v) is 6.12. The Morgan fingerprint density at radius 2 is 1.33 bits per heavy atom. The highest BCUT2D eigenvalue weighted by molar-refractivity contribution is 5.87. The molecular weight excluding hydrogens is 224 g/mol. The highest BCUT2D eigenvalue weighted by Crippen LogP contribution is 2.34. The van der Waals surface area contributed by atoms with Crippen molar-refractivity contribution in [2.24, 2.45) is 0 Å². The monoisotopic (exact) mass is 244 g/mol. The molecule has 2 rings (SSSR count). The summed E-state index contributed by atoms with van der Waals surface area (Å²) in [6.07, 6.45) is 0. The van der Waals surface area contributed by atoms with E-state index in [1.807, 2.05) is 12.1 Å². The van der Waals surface area contributed by atoms with Crippen molar-refractivity contribution < 1.29 is 9.47 Å². The standard InChI is InChI=1S/C16H20O2/c1-16(2,3)13-7-6-11-9-14(17-4)15(18-5)10-12(11)8-13/h6-10H,1-5H3. The Morgan fingerprint density at radius 3 is 1.83 bits per heavy atom. The Hall–Kier alpha value is -1.70. The van der Waals surface area contributed by atoms with Crippen molar-refractivity contribution in [2.45, 2.75) is 26.2 Å². The molecule has 0 amide bonds. The van der Waals surface area contributed by atoms with Crippen LogP contribution in [0.5, 0.6) is 11.5 Å². The van der Waals surface area contributed by atoms with Crippen molar-refractivity contribution in [2.75, 3.05) is 14.2 Å². The van der Waals surface area contributed by atoms with Gasteiger partial charge in [0.15, 0.2) is 11.5 Å². The summed E-state index contributed by atoms with van der Waals surface area (Å²) in [6.45, 7) is 6.65. The minimum absolute atomic E-state index is 0.154. The van der Waals surface area contributed by atoms with Crippen LogP contribution < -0.4 is 9.47 Å². The van der Waals surface area contributed by atoms with E-state index in [0.717, 1.165) is 11.5 Å². The highest BCUT2D eigenvalue weighted by atomic mass is 16.5. The lowest BCUT2D eigenvalue weighted by Gasteiger charge is -2.20. The van der Waals surface area contributed by atoms with Crippen LogP contribution in [-0.4, -0.2) is 14.2 Å². The number of methoxy groups -OCH3 is 2. The largest absolute Gasteiger partial charge is 0.493 e. The maximum absolute atomic E-state index is 5.34. The zero-order valence-corrected chi connectivity index (χ0v) is 11.7.